The van der Waals surface area contributed by atoms with Gasteiger partial charge in [-0.1, -0.05) is 20.3 Å². The lowest BCUT2D eigenvalue weighted by atomic mass is 10.3. The molecule has 1 atom stereocenters. The Morgan fingerprint density at radius 2 is 2.00 bits per heavy atom. The molecule has 11 heavy (non-hydrogen) atoms. The summed E-state index contributed by atoms with van der Waals surface area (Å²) in [6.45, 7) is 9.32. The number of hydrogen-bond donors (Lipinski definition) is 0. The van der Waals surface area contributed by atoms with Crippen LogP contribution in [0.3, 0.4) is 0 Å². The van der Waals surface area contributed by atoms with E-state index in [1.807, 2.05) is 0 Å². The molecule has 1 saturated heterocycles. The average Bonchev–Trinajstić information content (AvgIpc) is 1.97. The van der Waals surface area contributed by atoms with Crippen molar-refractivity contribution in [1.29, 1.82) is 0 Å². The first-order valence-corrected chi connectivity index (χ1v) is 4.50. The quantitative estimate of drug-likeness (QED) is 0.534. The second-order valence-electron chi connectivity index (χ2n) is 3.11. The summed E-state index contributed by atoms with van der Waals surface area (Å²) >= 11 is 0. The molecule has 0 aromatic carbocycles. The predicted molar refractivity (Wildman–Crippen MR) is 48.9 cm³/mol. The van der Waals surface area contributed by atoms with Gasteiger partial charge in [-0.05, 0) is 14.0 Å². The van der Waals surface area contributed by atoms with Gasteiger partial charge < -0.3 is 4.74 Å². The molecule has 0 aromatic rings. The van der Waals surface area contributed by atoms with Gasteiger partial charge in [0.05, 0.1) is 13.2 Å². The van der Waals surface area contributed by atoms with Crippen LogP contribution in [0, 0.1) is 0 Å². The van der Waals surface area contributed by atoms with Gasteiger partial charge in [-0.25, -0.2) is 0 Å². The normalized spacial score (nSPS) is 25.6. The van der Waals surface area contributed by atoms with E-state index in [0.29, 0.717) is 6.04 Å². The fourth-order valence-corrected chi connectivity index (χ4v) is 0.810. The smallest absolute Gasteiger partial charge is 0.0619 e. The molecule has 2 nitrogen and oxygen atoms in total. The molecule has 1 fully saturated rings. The van der Waals surface area contributed by atoms with Crippen LogP contribution in [0.4, 0.5) is 0 Å². The zero-order valence-electron chi connectivity index (χ0n) is 8.26. The second kappa shape index (κ2) is 6.62. The maximum atomic E-state index is 5.21. The van der Waals surface area contributed by atoms with Crippen LogP contribution >= 0.6 is 0 Å². The topological polar surface area (TPSA) is 12.5 Å². The molecule has 0 amide bonds. The van der Waals surface area contributed by atoms with E-state index in [1.165, 1.54) is 6.42 Å². The van der Waals surface area contributed by atoms with Gasteiger partial charge in [-0.3, -0.25) is 4.90 Å². The summed E-state index contributed by atoms with van der Waals surface area (Å²) in [4.78, 5) is 2.31. The number of rotatable bonds is 0. The van der Waals surface area contributed by atoms with E-state index >= 15 is 0 Å². The van der Waals surface area contributed by atoms with Crippen molar-refractivity contribution in [2.45, 2.75) is 33.2 Å². The SMILES string of the molecule is CC1COCCN1C.CCC. The number of hydrogen-bond acceptors (Lipinski definition) is 2. The van der Waals surface area contributed by atoms with E-state index in [2.05, 4.69) is 32.7 Å². The molecule has 2 heteroatoms. The molecule has 1 unspecified atom stereocenters. The largest absolute Gasteiger partial charge is 0.379 e. The zero-order valence-corrected chi connectivity index (χ0v) is 8.26. The number of likely N-dealkylation sites (N-methyl/N-ethyl adjacent to an activating group) is 1. The number of ether oxygens (including phenoxy) is 1. The summed E-state index contributed by atoms with van der Waals surface area (Å²) in [6, 6.07) is 0.615. The monoisotopic (exact) mass is 159 g/mol. The van der Waals surface area contributed by atoms with Gasteiger partial charge >= 0.3 is 0 Å². The third-order valence-corrected chi connectivity index (χ3v) is 1.70. The average molecular weight is 159 g/mol. The van der Waals surface area contributed by atoms with Gasteiger partial charge in [-0.2, -0.15) is 0 Å². The van der Waals surface area contributed by atoms with Gasteiger partial charge in [-0.15, -0.1) is 0 Å². The molecule has 68 valence electrons. The van der Waals surface area contributed by atoms with E-state index in [4.69, 9.17) is 4.74 Å². The van der Waals surface area contributed by atoms with E-state index in [0.717, 1.165) is 19.8 Å². The van der Waals surface area contributed by atoms with Gasteiger partial charge in [0, 0.05) is 12.6 Å². The van der Waals surface area contributed by atoms with Crippen molar-refractivity contribution < 1.29 is 4.74 Å². The number of morpholine rings is 1. The highest BCUT2D eigenvalue weighted by molar-refractivity contribution is 4.65. The molecule has 0 aliphatic carbocycles. The van der Waals surface area contributed by atoms with Crippen molar-refractivity contribution in [1.82, 2.24) is 4.90 Å². The van der Waals surface area contributed by atoms with Crippen LogP contribution in [0.25, 0.3) is 0 Å². The first-order valence-electron chi connectivity index (χ1n) is 4.50. The van der Waals surface area contributed by atoms with Crippen molar-refractivity contribution in [3.8, 4) is 0 Å². The van der Waals surface area contributed by atoms with Crippen molar-refractivity contribution >= 4 is 0 Å². The molecule has 0 aromatic heterocycles. The molecule has 0 spiro atoms. The fraction of sp³-hybridized carbons (Fsp3) is 1.00. The van der Waals surface area contributed by atoms with E-state index in [1.54, 1.807) is 0 Å². The maximum absolute atomic E-state index is 5.21. The van der Waals surface area contributed by atoms with E-state index < -0.39 is 0 Å². The lowest BCUT2D eigenvalue weighted by Gasteiger charge is -2.29. The molecule has 0 bridgehead atoms. The van der Waals surface area contributed by atoms with Crippen molar-refractivity contribution in [2.75, 3.05) is 26.8 Å². The van der Waals surface area contributed by atoms with Crippen LogP contribution in [-0.4, -0.2) is 37.7 Å². The van der Waals surface area contributed by atoms with Crippen LogP contribution in [0.5, 0.6) is 0 Å². The van der Waals surface area contributed by atoms with Crippen LogP contribution < -0.4 is 0 Å². The zero-order chi connectivity index (χ0) is 8.69. The van der Waals surface area contributed by atoms with Crippen LogP contribution in [-0.2, 0) is 4.74 Å². The van der Waals surface area contributed by atoms with Crippen molar-refractivity contribution in [3.05, 3.63) is 0 Å². The molecule has 0 saturated carbocycles. The Bertz CT molecular complexity index is 75.6. The van der Waals surface area contributed by atoms with Gasteiger partial charge in [0.15, 0.2) is 0 Å². The third-order valence-electron chi connectivity index (χ3n) is 1.70. The van der Waals surface area contributed by atoms with E-state index in [9.17, 15) is 0 Å². The second-order valence-corrected chi connectivity index (χ2v) is 3.11. The van der Waals surface area contributed by atoms with Crippen molar-refractivity contribution in [3.63, 3.8) is 0 Å². The summed E-state index contributed by atoms with van der Waals surface area (Å²) < 4.78 is 5.21. The predicted octanol–water partition coefficient (Wildman–Crippen LogP) is 1.75. The van der Waals surface area contributed by atoms with E-state index in [-0.39, 0.29) is 0 Å². The Morgan fingerprint density at radius 1 is 1.45 bits per heavy atom. The molecule has 1 aliphatic heterocycles. The highest BCUT2D eigenvalue weighted by Crippen LogP contribution is 2.00. The van der Waals surface area contributed by atoms with Crippen LogP contribution in [0.2, 0.25) is 0 Å². The summed E-state index contributed by atoms with van der Waals surface area (Å²) in [5, 5.41) is 0. The van der Waals surface area contributed by atoms with Gasteiger partial charge in [0.2, 0.25) is 0 Å². The Balaban J connectivity index is 0.000000292. The highest BCUT2D eigenvalue weighted by Gasteiger charge is 2.12. The highest BCUT2D eigenvalue weighted by atomic mass is 16.5. The Hall–Kier alpha value is -0.0800. The molecule has 1 aliphatic rings. The summed E-state index contributed by atoms with van der Waals surface area (Å²) in [7, 11) is 2.13. The lowest BCUT2D eigenvalue weighted by molar-refractivity contribution is 0.0131. The summed E-state index contributed by atoms with van der Waals surface area (Å²) in [6.07, 6.45) is 1.25. The summed E-state index contributed by atoms with van der Waals surface area (Å²) in [5.41, 5.74) is 0. The third kappa shape index (κ3) is 5.22. The maximum Gasteiger partial charge on any atom is 0.0619 e. The van der Waals surface area contributed by atoms with Gasteiger partial charge in [0.1, 0.15) is 0 Å². The minimum atomic E-state index is 0.615. The van der Waals surface area contributed by atoms with Crippen LogP contribution in [0.15, 0.2) is 0 Å². The lowest BCUT2D eigenvalue weighted by Crippen LogP contribution is -2.40. The fourth-order valence-electron chi connectivity index (χ4n) is 0.810. The Morgan fingerprint density at radius 3 is 2.27 bits per heavy atom. The number of nitrogens with zero attached hydrogens (tertiary/aromatic N) is 1. The molecular formula is C9H21NO. The summed E-state index contributed by atoms with van der Waals surface area (Å²) in [5.74, 6) is 0. The molecule has 1 rings (SSSR count). The van der Waals surface area contributed by atoms with Crippen LogP contribution in [0.1, 0.15) is 27.2 Å². The Kier molecular flexibility index (Phi) is 6.57. The first kappa shape index (κ1) is 10.9. The standard InChI is InChI=1S/C6H13NO.C3H8/c1-6-5-8-4-3-7(6)2;1-3-2/h6H,3-5H2,1-2H3;3H2,1-2H3. The van der Waals surface area contributed by atoms with Gasteiger partial charge in [0.25, 0.3) is 0 Å². The molecule has 0 N–H and O–H groups in total. The molecule has 0 radical (unpaired) electrons. The molecule has 1 heterocycles. The minimum absolute atomic E-state index is 0.615. The van der Waals surface area contributed by atoms with Crippen molar-refractivity contribution in [2.24, 2.45) is 0 Å². The Labute approximate surface area is 70.5 Å². The minimum Gasteiger partial charge on any atom is -0.379 e. The molecular weight excluding hydrogens is 138 g/mol. The first-order chi connectivity index (χ1) is 5.22.